The molecule has 0 radical (unpaired) electrons. The number of nitrogens with one attached hydrogen (secondary N) is 1. The minimum atomic E-state index is -0.129. The number of allylic oxidation sites excluding steroid dienone is 1. The van der Waals surface area contributed by atoms with Gasteiger partial charge in [-0.25, -0.2) is 0 Å². The summed E-state index contributed by atoms with van der Waals surface area (Å²) in [7, 11) is 1.90. The van der Waals surface area contributed by atoms with Crippen LogP contribution in [0.1, 0.15) is 30.0 Å². The highest BCUT2D eigenvalue weighted by Crippen LogP contribution is 2.37. The number of ether oxygens (including phenoxy) is 1. The number of rotatable bonds is 8. The summed E-state index contributed by atoms with van der Waals surface area (Å²) in [5, 5.41) is 22.9. The Morgan fingerprint density at radius 2 is 1.50 bits per heavy atom. The van der Waals surface area contributed by atoms with Gasteiger partial charge in [-0.1, -0.05) is 55.5 Å². The first-order valence-corrected chi connectivity index (χ1v) is 9.82. The molecular formula is C25H28ClNO3. The van der Waals surface area contributed by atoms with Crippen molar-refractivity contribution in [3.05, 3.63) is 89.5 Å². The fourth-order valence-corrected chi connectivity index (χ4v) is 3.35. The SMILES string of the molecule is CC/C(=C(\c1ccc(OCCNC)cc1)c1ccc(O)c(O)c1)c1ccccc1.Cl. The highest BCUT2D eigenvalue weighted by Gasteiger charge is 2.15. The van der Waals surface area contributed by atoms with E-state index in [0.29, 0.717) is 6.61 Å². The van der Waals surface area contributed by atoms with Crippen molar-refractivity contribution >= 4 is 23.6 Å². The van der Waals surface area contributed by atoms with Crippen molar-refractivity contribution in [1.82, 2.24) is 5.32 Å². The summed E-state index contributed by atoms with van der Waals surface area (Å²) in [5.41, 5.74) is 5.20. The van der Waals surface area contributed by atoms with Gasteiger partial charge >= 0.3 is 0 Å². The number of halogens is 1. The molecule has 158 valence electrons. The second kappa shape index (κ2) is 11.3. The van der Waals surface area contributed by atoms with Crippen molar-refractivity contribution in [2.24, 2.45) is 0 Å². The van der Waals surface area contributed by atoms with Gasteiger partial charge in [0.15, 0.2) is 11.5 Å². The van der Waals surface area contributed by atoms with E-state index < -0.39 is 0 Å². The zero-order valence-corrected chi connectivity index (χ0v) is 18.1. The Hall–Kier alpha value is -2.95. The molecule has 0 aliphatic heterocycles. The van der Waals surface area contributed by atoms with Crippen molar-refractivity contribution in [2.75, 3.05) is 20.2 Å². The Kier molecular flexibility index (Phi) is 8.78. The van der Waals surface area contributed by atoms with Gasteiger partial charge in [-0.05, 0) is 65.6 Å². The number of phenolic OH excluding ortho intramolecular Hbond substituents is 2. The van der Waals surface area contributed by atoms with Crippen molar-refractivity contribution in [1.29, 1.82) is 0 Å². The van der Waals surface area contributed by atoms with E-state index in [-0.39, 0.29) is 23.9 Å². The topological polar surface area (TPSA) is 61.7 Å². The molecule has 3 aromatic rings. The molecule has 0 aliphatic carbocycles. The van der Waals surface area contributed by atoms with Crippen LogP contribution in [0.2, 0.25) is 0 Å². The summed E-state index contributed by atoms with van der Waals surface area (Å²) in [5.74, 6) is 0.560. The Morgan fingerprint density at radius 1 is 0.833 bits per heavy atom. The molecule has 0 unspecified atom stereocenters. The van der Waals surface area contributed by atoms with E-state index in [1.807, 2.05) is 55.6 Å². The quantitative estimate of drug-likeness (QED) is 0.254. The van der Waals surface area contributed by atoms with Gasteiger partial charge < -0.3 is 20.3 Å². The minimum absolute atomic E-state index is 0. The minimum Gasteiger partial charge on any atom is -0.504 e. The molecule has 0 fully saturated rings. The molecule has 30 heavy (non-hydrogen) atoms. The standard InChI is InChI=1S/C25H27NO3.ClH/c1-3-22(18-7-5-4-6-8-18)25(20-11-14-23(27)24(28)17-20)19-9-12-21(13-10-19)29-16-15-26-2;/h4-14,17,26-28H,3,15-16H2,1-2H3;1H/b25-22-;. The number of hydrogen-bond donors (Lipinski definition) is 3. The van der Waals surface area contributed by atoms with Crippen LogP contribution < -0.4 is 10.1 Å². The maximum absolute atomic E-state index is 10.1. The predicted octanol–water partition coefficient (Wildman–Crippen LogP) is 5.49. The Labute approximate surface area is 184 Å². The lowest BCUT2D eigenvalue weighted by molar-refractivity contribution is 0.318. The van der Waals surface area contributed by atoms with Crippen molar-refractivity contribution in [3.8, 4) is 17.2 Å². The van der Waals surface area contributed by atoms with Crippen LogP contribution in [0.4, 0.5) is 0 Å². The maximum Gasteiger partial charge on any atom is 0.158 e. The Morgan fingerprint density at radius 3 is 2.10 bits per heavy atom. The molecule has 0 atom stereocenters. The number of aromatic hydroxyl groups is 2. The van der Waals surface area contributed by atoms with E-state index in [1.165, 1.54) is 11.6 Å². The molecule has 0 heterocycles. The normalized spacial score (nSPS) is 11.4. The zero-order chi connectivity index (χ0) is 20.6. The molecule has 4 nitrogen and oxygen atoms in total. The lowest BCUT2D eigenvalue weighted by atomic mass is 9.88. The van der Waals surface area contributed by atoms with E-state index >= 15 is 0 Å². The largest absolute Gasteiger partial charge is 0.504 e. The lowest BCUT2D eigenvalue weighted by Crippen LogP contribution is -2.15. The molecule has 5 heteroatoms. The summed E-state index contributed by atoms with van der Waals surface area (Å²) >= 11 is 0. The third-order valence-electron chi connectivity index (χ3n) is 4.81. The van der Waals surface area contributed by atoms with E-state index in [0.717, 1.165) is 41.0 Å². The molecule has 0 saturated carbocycles. The van der Waals surface area contributed by atoms with E-state index in [1.54, 1.807) is 6.07 Å². The first kappa shape index (κ1) is 23.3. The number of phenols is 2. The van der Waals surface area contributed by atoms with Crippen LogP contribution in [0, 0.1) is 0 Å². The van der Waals surface area contributed by atoms with Gasteiger partial charge in [0.1, 0.15) is 12.4 Å². The molecule has 0 aliphatic rings. The molecule has 0 bridgehead atoms. The smallest absolute Gasteiger partial charge is 0.158 e. The fraction of sp³-hybridized carbons (Fsp3) is 0.200. The summed E-state index contributed by atoms with van der Waals surface area (Å²) < 4.78 is 5.74. The van der Waals surface area contributed by atoms with Crippen molar-refractivity contribution < 1.29 is 14.9 Å². The van der Waals surface area contributed by atoms with Crippen LogP contribution in [0.5, 0.6) is 17.2 Å². The lowest BCUT2D eigenvalue weighted by Gasteiger charge is -2.17. The number of benzene rings is 3. The summed E-state index contributed by atoms with van der Waals surface area (Å²) in [6.45, 7) is 3.51. The third-order valence-corrected chi connectivity index (χ3v) is 4.81. The van der Waals surface area contributed by atoms with Gasteiger partial charge in [-0.15, -0.1) is 12.4 Å². The summed E-state index contributed by atoms with van der Waals surface area (Å²) in [6.07, 6.45) is 0.821. The fourth-order valence-electron chi connectivity index (χ4n) is 3.35. The summed E-state index contributed by atoms with van der Waals surface area (Å²) in [6, 6.07) is 23.2. The van der Waals surface area contributed by atoms with Crippen LogP contribution in [0.3, 0.4) is 0 Å². The van der Waals surface area contributed by atoms with Crippen LogP contribution >= 0.6 is 12.4 Å². The van der Waals surface area contributed by atoms with E-state index in [4.69, 9.17) is 4.74 Å². The molecule has 3 N–H and O–H groups in total. The summed E-state index contributed by atoms with van der Waals surface area (Å²) in [4.78, 5) is 0. The van der Waals surface area contributed by atoms with Crippen LogP contribution in [0.25, 0.3) is 11.1 Å². The zero-order valence-electron chi connectivity index (χ0n) is 17.3. The molecule has 3 rings (SSSR count). The first-order chi connectivity index (χ1) is 14.1. The van der Waals surface area contributed by atoms with Gasteiger partial charge in [0, 0.05) is 6.54 Å². The molecular weight excluding hydrogens is 398 g/mol. The van der Waals surface area contributed by atoms with Crippen LogP contribution in [0.15, 0.2) is 72.8 Å². The van der Waals surface area contributed by atoms with Gasteiger partial charge in [-0.2, -0.15) is 0 Å². The third kappa shape index (κ3) is 5.56. The van der Waals surface area contributed by atoms with Crippen molar-refractivity contribution in [3.63, 3.8) is 0 Å². The highest BCUT2D eigenvalue weighted by atomic mass is 35.5. The van der Waals surface area contributed by atoms with Gasteiger partial charge in [0.2, 0.25) is 0 Å². The maximum atomic E-state index is 10.1. The molecule has 0 spiro atoms. The average molecular weight is 426 g/mol. The van der Waals surface area contributed by atoms with Gasteiger partial charge in [-0.3, -0.25) is 0 Å². The van der Waals surface area contributed by atoms with Crippen LogP contribution in [-0.4, -0.2) is 30.4 Å². The highest BCUT2D eigenvalue weighted by molar-refractivity contribution is 5.98. The second-order valence-electron chi connectivity index (χ2n) is 6.75. The number of likely N-dealkylation sites (N-methyl/N-ethyl adjacent to an activating group) is 1. The Balaban J connectivity index is 0.00000320. The average Bonchev–Trinajstić information content (AvgIpc) is 2.75. The molecule has 0 saturated heterocycles. The van der Waals surface area contributed by atoms with Gasteiger partial charge in [0.05, 0.1) is 0 Å². The number of hydrogen-bond acceptors (Lipinski definition) is 4. The van der Waals surface area contributed by atoms with Crippen molar-refractivity contribution in [2.45, 2.75) is 13.3 Å². The van der Waals surface area contributed by atoms with Gasteiger partial charge in [0.25, 0.3) is 0 Å². The van der Waals surface area contributed by atoms with E-state index in [2.05, 4.69) is 24.4 Å². The predicted molar refractivity (Wildman–Crippen MR) is 126 cm³/mol. The van der Waals surface area contributed by atoms with E-state index in [9.17, 15) is 10.2 Å². The Bertz CT molecular complexity index is 969. The molecule has 3 aromatic carbocycles. The second-order valence-corrected chi connectivity index (χ2v) is 6.75. The van der Waals surface area contributed by atoms with Crippen LogP contribution in [-0.2, 0) is 0 Å². The molecule has 0 amide bonds. The monoisotopic (exact) mass is 425 g/mol. The first-order valence-electron chi connectivity index (χ1n) is 9.82. The molecule has 0 aromatic heterocycles.